The molecule has 0 aliphatic heterocycles. The van der Waals surface area contributed by atoms with Gasteiger partial charge in [-0.15, -0.1) is 0 Å². The van der Waals surface area contributed by atoms with Gasteiger partial charge in [-0.2, -0.15) is 4.98 Å². The number of anilines is 1. The maximum Gasteiger partial charge on any atom is 0.226 e. The summed E-state index contributed by atoms with van der Waals surface area (Å²) in [5, 5.41) is 3.34. The van der Waals surface area contributed by atoms with Crippen LogP contribution in [0.2, 0.25) is 0 Å². The van der Waals surface area contributed by atoms with Crippen molar-refractivity contribution >= 4 is 5.95 Å². The summed E-state index contributed by atoms with van der Waals surface area (Å²) >= 11 is 0. The zero-order chi connectivity index (χ0) is 12.8. The first kappa shape index (κ1) is 13.7. The van der Waals surface area contributed by atoms with Crippen molar-refractivity contribution in [3.63, 3.8) is 0 Å². The molecule has 0 fully saturated rings. The topological polar surface area (TPSA) is 47.0 Å². The van der Waals surface area contributed by atoms with Crippen LogP contribution >= 0.6 is 0 Å². The minimum absolute atomic E-state index is 0.129. The van der Waals surface area contributed by atoms with Gasteiger partial charge in [0.05, 0.1) is 6.10 Å². The Morgan fingerprint density at radius 1 is 1.29 bits per heavy atom. The highest BCUT2D eigenvalue weighted by molar-refractivity contribution is 5.29. The molecule has 4 nitrogen and oxygen atoms in total. The number of aromatic nitrogens is 2. The normalized spacial score (nSPS) is 12.9. The Kier molecular flexibility index (Phi) is 5.19. The zero-order valence-electron chi connectivity index (χ0n) is 11.4. The Balaban J connectivity index is 2.70. The van der Waals surface area contributed by atoms with Gasteiger partial charge in [0.1, 0.15) is 0 Å². The molecule has 0 aromatic carbocycles. The molecule has 0 aliphatic carbocycles. The molecule has 0 aliphatic rings. The van der Waals surface area contributed by atoms with Crippen LogP contribution in [0.15, 0.2) is 12.3 Å². The van der Waals surface area contributed by atoms with Gasteiger partial charge in [0.25, 0.3) is 0 Å². The van der Waals surface area contributed by atoms with E-state index in [0.29, 0.717) is 23.8 Å². The lowest BCUT2D eigenvalue weighted by atomic mass is 10.0. The lowest BCUT2D eigenvalue weighted by Gasteiger charge is -2.20. The smallest absolute Gasteiger partial charge is 0.226 e. The van der Waals surface area contributed by atoms with Gasteiger partial charge in [-0.05, 0) is 26.2 Å². The quantitative estimate of drug-likeness (QED) is 0.825. The lowest BCUT2D eigenvalue weighted by molar-refractivity contribution is 0.232. The summed E-state index contributed by atoms with van der Waals surface area (Å²) in [5.41, 5.74) is 0. The largest absolute Gasteiger partial charge is 0.475 e. The van der Waals surface area contributed by atoms with Crippen LogP contribution in [0.4, 0.5) is 5.95 Å². The molecule has 96 valence electrons. The van der Waals surface area contributed by atoms with Gasteiger partial charge in [-0.3, -0.25) is 0 Å². The van der Waals surface area contributed by atoms with E-state index in [0.717, 1.165) is 6.42 Å². The van der Waals surface area contributed by atoms with Crippen molar-refractivity contribution in [3.05, 3.63) is 12.3 Å². The molecule has 1 atom stereocenters. The average molecular weight is 237 g/mol. The molecule has 4 heteroatoms. The van der Waals surface area contributed by atoms with E-state index in [9.17, 15) is 0 Å². The van der Waals surface area contributed by atoms with E-state index >= 15 is 0 Å². The van der Waals surface area contributed by atoms with E-state index in [1.54, 1.807) is 12.3 Å². The van der Waals surface area contributed by atoms with Crippen molar-refractivity contribution in [2.45, 2.75) is 53.2 Å². The summed E-state index contributed by atoms with van der Waals surface area (Å²) < 4.78 is 5.54. The van der Waals surface area contributed by atoms with E-state index in [1.807, 2.05) is 13.8 Å². The third-order valence-corrected chi connectivity index (χ3v) is 2.55. The van der Waals surface area contributed by atoms with Crippen LogP contribution in [-0.2, 0) is 0 Å². The van der Waals surface area contributed by atoms with Crippen LogP contribution in [0, 0.1) is 5.92 Å². The molecule has 0 spiro atoms. The maximum absolute atomic E-state index is 5.54. The highest BCUT2D eigenvalue weighted by Crippen LogP contribution is 2.14. The minimum Gasteiger partial charge on any atom is -0.475 e. The van der Waals surface area contributed by atoms with Gasteiger partial charge in [-0.1, -0.05) is 20.8 Å². The molecular formula is C13H23N3O. The molecule has 1 aromatic heterocycles. The van der Waals surface area contributed by atoms with Gasteiger partial charge < -0.3 is 10.1 Å². The summed E-state index contributed by atoms with van der Waals surface area (Å²) in [5.74, 6) is 1.82. The third kappa shape index (κ3) is 4.59. The van der Waals surface area contributed by atoms with Crippen molar-refractivity contribution in [3.8, 4) is 5.88 Å². The van der Waals surface area contributed by atoms with Gasteiger partial charge in [-0.25, -0.2) is 4.98 Å². The van der Waals surface area contributed by atoms with Gasteiger partial charge in [0.15, 0.2) is 0 Å². The fourth-order valence-corrected chi connectivity index (χ4v) is 1.62. The predicted molar refractivity (Wildman–Crippen MR) is 70.3 cm³/mol. The van der Waals surface area contributed by atoms with Crippen LogP contribution < -0.4 is 10.1 Å². The first-order chi connectivity index (χ1) is 8.02. The highest BCUT2D eigenvalue weighted by atomic mass is 16.5. The summed E-state index contributed by atoms with van der Waals surface area (Å²) in [6.07, 6.45) is 2.90. The number of hydrogen-bond donors (Lipinski definition) is 1. The highest BCUT2D eigenvalue weighted by Gasteiger charge is 2.12. The monoisotopic (exact) mass is 237 g/mol. The van der Waals surface area contributed by atoms with Crippen LogP contribution in [0.3, 0.4) is 0 Å². The molecular weight excluding hydrogens is 214 g/mol. The molecule has 0 amide bonds. The van der Waals surface area contributed by atoms with Crippen molar-refractivity contribution < 1.29 is 4.74 Å². The Labute approximate surface area is 104 Å². The second-order valence-corrected chi connectivity index (χ2v) is 4.79. The first-order valence-corrected chi connectivity index (χ1v) is 6.29. The van der Waals surface area contributed by atoms with E-state index < -0.39 is 0 Å². The lowest BCUT2D eigenvalue weighted by Crippen LogP contribution is -2.25. The van der Waals surface area contributed by atoms with E-state index in [-0.39, 0.29) is 6.10 Å². The van der Waals surface area contributed by atoms with Gasteiger partial charge >= 0.3 is 0 Å². The number of ether oxygens (including phenoxy) is 1. The van der Waals surface area contributed by atoms with Crippen LogP contribution in [0.5, 0.6) is 5.88 Å². The third-order valence-electron chi connectivity index (χ3n) is 2.55. The van der Waals surface area contributed by atoms with Crippen LogP contribution in [0.25, 0.3) is 0 Å². The number of nitrogens with zero attached hydrogens (tertiary/aromatic N) is 2. The summed E-state index contributed by atoms with van der Waals surface area (Å²) in [4.78, 5) is 8.55. The van der Waals surface area contributed by atoms with Gasteiger partial charge in [0, 0.05) is 18.3 Å². The summed E-state index contributed by atoms with van der Waals surface area (Å²) in [7, 11) is 0. The second-order valence-electron chi connectivity index (χ2n) is 4.79. The SMILES string of the molecule is CCC(Nc1nccc(OC(C)C)n1)C(C)C. The van der Waals surface area contributed by atoms with Crippen molar-refractivity contribution in [1.82, 2.24) is 9.97 Å². The van der Waals surface area contributed by atoms with Crippen LogP contribution in [-0.4, -0.2) is 22.1 Å². The van der Waals surface area contributed by atoms with E-state index in [1.165, 1.54) is 0 Å². The fourth-order valence-electron chi connectivity index (χ4n) is 1.62. The van der Waals surface area contributed by atoms with Crippen molar-refractivity contribution in [2.24, 2.45) is 5.92 Å². The molecule has 1 unspecified atom stereocenters. The Morgan fingerprint density at radius 3 is 2.53 bits per heavy atom. The molecule has 0 radical (unpaired) electrons. The second kappa shape index (κ2) is 6.42. The number of nitrogens with one attached hydrogen (secondary N) is 1. The van der Waals surface area contributed by atoms with Crippen LogP contribution in [0.1, 0.15) is 41.0 Å². The summed E-state index contributed by atoms with van der Waals surface area (Å²) in [6.45, 7) is 10.5. The Bertz CT molecular complexity index is 339. The molecule has 0 saturated carbocycles. The fraction of sp³-hybridized carbons (Fsp3) is 0.692. The zero-order valence-corrected chi connectivity index (χ0v) is 11.4. The predicted octanol–water partition coefficient (Wildman–Crippen LogP) is 3.11. The maximum atomic E-state index is 5.54. The van der Waals surface area contributed by atoms with E-state index in [4.69, 9.17) is 4.74 Å². The standard InChI is InChI=1S/C13H23N3O/c1-6-11(9(2)3)15-13-14-8-7-12(16-13)17-10(4)5/h7-11H,6H2,1-5H3,(H,14,15,16). The molecule has 1 aromatic rings. The molecule has 1 heterocycles. The first-order valence-electron chi connectivity index (χ1n) is 6.29. The Morgan fingerprint density at radius 2 is 2.00 bits per heavy atom. The van der Waals surface area contributed by atoms with E-state index in [2.05, 4.69) is 36.1 Å². The summed E-state index contributed by atoms with van der Waals surface area (Å²) in [6, 6.07) is 2.17. The molecule has 1 rings (SSSR count). The molecule has 17 heavy (non-hydrogen) atoms. The van der Waals surface area contributed by atoms with Gasteiger partial charge in [0.2, 0.25) is 11.8 Å². The number of hydrogen-bond acceptors (Lipinski definition) is 4. The van der Waals surface area contributed by atoms with Crippen molar-refractivity contribution in [2.75, 3.05) is 5.32 Å². The Hall–Kier alpha value is -1.32. The molecule has 1 N–H and O–H groups in total. The average Bonchev–Trinajstić information content (AvgIpc) is 2.25. The van der Waals surface area contributed by atoms with Crippen molar-refractivity contribution in [1.29, 1.82) is 0 Å². The number of rotatable bonds is 6. The minimum atomic E-state index is 0.129. The molecule has 0 bridgehead atoms. The molecule has 0 saturated heterocycles.